The third-order valence-corrected chi connectivity index (χ3v) is 4.30. The maximum absolute atomic E-state index is 12.1. The predicted molar refractivity (Wildman–Crippen MR) is 77.5 cm³/mol. The van der Waals surface area contributed by atoms with Gasteiger partial charge in [0, 0.05) is 17.9 Å². The standard InChI is InChI=1S/C14H17NO5S/c1-20-10-2-4-11(5-3-10)21-8-13(17)15-7-9(16)6-12(15)14(18)19/h2-5,9,12,16H,6-8H2,1H3,(H,18,19). The molecule has 1 aliphatic heterocycles. The Morgan fingerprint density at radius 1 is 1.38 bits per heavy atom. The number of carboxylic acid groups (broad SMARTS) is 1. The highest BCUT2D eigenvalue weighted by atomic mass is 32.2. The number of ether oxygens (including phenoxy) is 1. The van der Waals surface area contributed by atoms with Crippen LogP contribution in [0.1, 0.15) is 6.42 Å². The Balaban J connectivity index is 1.92. The van der Waals surface area contributed by atoms with Gasteiger partial charge >= 0.3 is 5.97 Å². The van der Waals surface area contributed by atoms with Gasteiger partial charge < -0.3 is 19.8 Å². The first-order chi connectivity index (χ1) is 10.0. The maximum atomic E-state index is 12.1. The largest absolute Gasteiger partial charge is 0.497 e. The number of aliphatic carboxylic acids is 1. The summed E-state index contributed by atoms with van der Waals surface area (Å²) in [5, 5.41) is 18.6. The highest BCUT2D eigenvalue weighted by molar-refractivity contribution is 8.00. The van der Waals surface area contributed by atoms with E-state index in [9.17, 15) is 14.7 Å². The molecular formula is C14H17NO5S. The molecule has 2 N–H and O–H groups in total. The first-order valence-electron chi connectivity index (χ1n) is 6.48. The number of hydrogen-bond donors (Lipinski definition) is 2. The molecule has 0 bridgehead atoms. The SMILES string of the molecule is COc1ccc(SCC(=O)N2CC(O)CC2C(=O)O)cc1. The number of amides is 1. The number of hydrogen-bond acceptors (Lipinski definition) is 5. The zero-order valence-electron chi connectivity index (χ0n) is 11.6. The van der Waals surface area contributed by atoms with Gasteiger partial charge in [0.1, 0.15) is 11.8 Å². The molecule has 7 heteroatoms. The Bertz CT molecular complexity index is 519. The van der Waals surface area contributed by atoms with Gasteiger partial charge in [-0.3, -0.25) is 4.79 Å². The fourth-order valence-corrected chi connectivity index (χ4v) is 3.01. The van der Waals surface area contributed by atoms with Crippen LogP contribution in [0.5, 0.6) is 5.75 Å². The normalized spacial score (nSPS) is 21.3. The van der Waals surface area contributed by atoms with Gasteiger partial charge in [0.15, 0.2) is 0 Å². The lowest BCUT2D eigenvalue weighted by Crippen LogP contribution is -2.41. The summed E-state index contributed by atoms with van der Waals surface area (Å²) in [6.07, 6.45) is -0.671. The van der Waals surface area contributed by atoms with E-state index in [1.54, 1.807) is 19.2 Å². The second-order valence-corrected chi connectivity index (χ2v) is 5.80. The number of carboxylic acids is 1. The van der Waals surface area contributed by atoms with Gasteiger partial charge in [0.25, 0.3) is 0 Å². The van der Waals surface area contributed by atoms with Crippen LogP contribution < -0.4 is 4.74 Å². The third-order valence-electron chi connectivity index (χ3n) is 3.31. The number of aliphatic hydroxyl groups is 1. The van der Waals surface area contributed by atoms with Gasteiger partial charge in [0.2, 0.25) is 5.91 Å². The summed E-state index contributed by atoms with van der Waals surface area (Å²) in [5.74, 6) is -0.476. The van der Waals surface area contributed by atoms with Gasteiger partial charge in [-0.15, -0.1) is 11.8 Å². The van der Waals surface area contributed by atoms with E-state index < -0.39 is 18.1 Å². The lowest BCUT2D eigenvalue weighted by molar-refractivity contribution is -0.147. The smallest absolute Gasteiger partial charge is 0.326 e. The highest BCUT2D eigenvalue weighted by Crippen LogP contribution is 2.24. The van der Waals surface area contributed by atoms with E-state index in [4.69, 9.17) is 9.84 Å². The van der Waals surface area contributed by atoms with Crippen LogP contribution in [0, 0.1) is 0 Å². The van der Waals surface area contributed by atoms with Gasteiger partial charge in [0.05, 0.1) is 19.0 Å². The minimum atomic E-state index is -1.07. The number of β-amino-alcohol motifs (C(OH)–C–C–N with tert-alkyl or cyclic N) is 1. The molecule has 0 aliphatic carbocycles. The van der Waals surface area contributed by atoms with Gasteiger partial charge in [-0.1, -0.05) is 0 Å². The maximum Gasteiger partial charge on any atom is 0.326 e. The highest BCUT2D eigenvalue weighted by Gasteiger charge is 2.38. The van der Waals surface area contributed by atoms with Crippen LogP contribution in [0.25, 0.3) is 0 Å². The molecule has 21 heavy (non-hydrogen) atoms. The second kappa shape index (κ2) is 6.82. The summed E-state index contributed by atoms with van der Waals surface area (Å²) in [6, 6.07) is 6.34. The molecule has 0 aromatic heterocycles. The Hall–Kier alpha value is -1.73. The Morgan fingerprint density at radius 3 is 2.62 bits per heavy atom. The first kappa shape index (κ1) is 15.7. The molecule has 1 amide bonds. The quantitative estimate of drug-likeness (QED) is 0.783. The van der Waals surface area contributed by atoms with Gasteiger partial charge in [-0.05, 0) is 24.3 Å². The molecule has 0 spiro atoms. The van der Waals surface area contributed by atoms with Crippen molar-refractivity contribution in [2.75, 3.05) is 19.4 Å². The van der Waals surface area contributed by atoms with Crippen molar-refractivity contribution in [3.05, 3.63) is 24.3 Å². The zero-order chi connectivity index (χ0) is 15.4. The number of aliphatic hydroxyl groups excluding tert-OH is 1. The molecule has 1 fully saturated rings. The second-order valence-electron chi connectivity index (χ2n) is 4.75. The van der Waals surface area contributed by atoms with Crippen molar-refractivity contribution >= 4 is 23.6 Å². The summed E-state index contributed by atoms with van der Waals surface area (Å²) < 4.78 is 5.05. The molecular weight excluding hydrogens is 294 g/mol. The third kappa shape index (κ3) is 3.89. The summed E-state index contributed by atoms with van der Waals surface area (Å²) in [6.45, 7) is 0.0823. The van der Waals surface area contributed by atoms with Crippen LogP contribution in [0.15, 0.2) is 29.2 Å². The number of rotatable bonds is 5. The predicted octanol–water partition coefficient (Wildman–Crippen LogP) is 0.834. The fraction of sp³-hybridized carbons (Fsp3) is 0.429. The van der Waals surface area contributed by atoms with Crippen molar-refractivity contribution in [2.45, 2.75) is 23.5 Å². The Kier molecular flexibility index (Phi) is 5.08. The van der Waals surface area contributed by atoms with Crippen molar-refractivity contribution < 1.29 is 24.5 Å². The molecule has 1 saturated heterocycles. The van der Waals surface area contributed by atoms with E-state index in [1.807, 2.05) is 12.1 Å². The molecule has 2 unspecified atom stereocenters. The van der Waals surface area contributed by atoms with Gasteiger partial charge in [-0.2, -0.15) is 0 Å². The van der Waals surface area contributed by atoms with E-state index in [-0.39, 0.29) is 24.6 Å². The van der Waals surface area contributed by atoms with Crippen molar-refractivity contribution in [1.82, 2.24) is 4.90 Å². The molecule has 114 valence electrons. The summed E-state index contributed by atoms with van der Waals surface area (Å²) in [4.78, 5) is 25.3. The molecule has 2 atom stereocenters. The Morgan fingerprint density at radius 2 is 2.05 bits per heavy atom. The summed E-state index contributed by atoms with van der Waals surface area (Å²) in [7, 11) is 1.58. The average molecular weight is 311 g/mol. The number of nitrogens with zero attached hydrogens (tertiary/aromatic N) is 1. The van der Waals surface area contributed by atoms with E-state index in [2.05, 4.69) is 0 Å². The number of methoxy groups -OCH3 is 1. The topological polar surface area (TPSA) is 87.1 Å². The number of benzene rings is 1. The van der Waals surface area contributed by atoms with Crippen LogP contribution in [-0.4, -0.2) is 58.5 Å². The number of thioether (sulfide) groups is 1. The molecule has 6 nitrogen and oxygen atoms in total. The fourth-order valence-electron chi connectivity index (χ4n) is 2.22. The molecule has 1 aliphatic rings. The molecule has 1 aromatic rings. The lowest BCUT2D eigenvalue weighted by Gasteiger charge is -2.20. The monoisotopic (exact) mass is 311 g/mol. The van der Waals surface area contributed by atoms with E-state index in [1.165, 1.54) is 16.7 Å². The Labute approximate surface area is 126 Å². The summed E-state index contributed by atoms with van der Waals surface area (Å²) in [5.41, 5.74) is 0. The van der Waals surface area contributed by atoms with Crippen LogP contribution in [0.3, 0.4) is 0 Å². The number of carbonyl (C=O) groups is 2. The van der Waals surface area contributed by atoms with Crippen molar-refractivity contribution in [3.63, 3.8) is 0 Å². The average Bonchev–Trinajstić information content (AvgIpc) is 2.87. The molecule has 2 rings (SSSR count). The van der Waals surface area contributed by atoms with Crippen LogP contribution in [0.4, 0.5) is 0 Å². The van der Waals surface area contributed by atoms with Crippen LogP contribution in [0.2, 0.25) is 0 Å². The van der Waals surface area contributed by atoms with E-state index >= 15 is 0 Å². The lowest BCUT2D eigenvalue weighted by atomic mass is 10.2. The van der Waals surface area contributed by atoms with Gasteiger partial charge in [-0.25, -0.2) is 4.79 Å². The molecule has 1 heterocycles. The molecule has 0 saturated carbocycles. The number of likely N-dealkylation sites (tertiary alicyclic amines) is 1. The summed E-state index contributed by atoms with van der Waals surface area (Å²) >= 11 is 1.33. The zero-order valence-corrected chi connectivity index (χ0v) is 12.4. The van der Waals surface area contributed by atoms with Crippen LogP contribution in [-0.2, 0) is 9.59 Å². The number of carbonyl (C=O) groups excluding carboxylic acids is 1. The van der Waals surface area contributed by atoms with Crippen molar-refractivity contribution in [2.24, 2.45) is 0 Å². The van der Waals surface area contributed by atoms with Crippen molar-refractivity contribution in [3.8, 4) is 5.75 Å². The molecule has 0 radical (unpaired) electrons. The first-order valence-corrected chi connectivity index (χ1v) is 7.47. The van der Waals surface area contributed by atoms with Crippen LogP contribution >= 0.6 is 11.8 Å². The van der Waals surface area contributed by atoms with E-state index in [0.717, 1.165) is 10.6 Å². The van der Waals surface area contributed by atoms with Crippen molar-refractivity contribution in [1.29, 1.82) is 0 Å². The van der Waals surface area contributed by atoms with E-state index in [0.29, 0.717) is 0 Å². The minimum Gasteiger partial charge on any atom is -0.497 e. The molecule has 1 aromatic carbocycles. The minimum absolute atomic E-state index is 0.0823.